The van der Waals surface area contributed by atoms with Crippen LogP contribution in [-0.2, 0) is 0 Å². The number of nitriles is 2. The van der Waals surface area contributed by atoms with Crippen molar-refractivity contribution >= 4 is 35.1 Å². The Kier molecular flexibility index (Phi) is 7.07. The van der Waals surface area contributed by atoms with Crippen LogP contribution in [0, 0.1) is 40.9 Å². The van der Waals surface area contributed by atoms with Gasteiger partial charge in [-0.3, -0.25) is 15.0 Å². The fourth-order valence-electron chi connectivity index (χ4n) is 6.36. The van der Waals surface area contributed by atoms with Crippen LogP contribution in [-0.4, -0.2) is 28.8 Å². The standard InChI is InChI=1S/C34H37N9/c1-21-7-6-8-27(26(21)9-10-37-5)32(29-19-43(42-41-29)34-13-22(14-34)15-34)40-25-11-23(16-35)30-28(12-25)31(24(17-36)18-38-30)39-20-33(2,3)4/h6-12,18-19,22,32,40-42H,5,13-15,20H2,1-4H3,(H,38,39)/b10-9-/t22?,32-,34?/m0/s1. The molecule has 1 aromatic heterocycles. The number of benzene rings is 2. The summed E-state index contributed by atoms with van der Waals surface area (Å²) in [6, 6.07) is 14.4. The Balaban J connectivity index is 1.47. The minimum atomic E-state index is -0.295. The molecule has 0 amide bonds. The lowest BCUT2D eigenvalue weighted by Gasteiger charge is -2.64. The molecule has 3 fully saturated rings. The summed E-state index contributed by atoms with van der Waals surface area (Å²) in [6.07, 6.45) is 11.0. The molecule has 0 radical (unpaired) electrons. The molecular weight excluding hydrogens is 534 g/mol. The second kappa shape index (κ2) is 10.8. The van der Waals surface area contributed by atoms with Gasteiger partial charge in [0.2, 0.25) is 0 Å². The van der Waals surface area contributed by atoms with E-state index in [-0.39, 0.29) is 17.0 Å². The number of hydrazine groups is 2. The molecule has 4 aliphatic rings. The van der Waals surface area contributed by atoms with E-state index in [0.29, 0.717) is 28.9 Å². The lowest BCUT2D eigenvalue weighted by molar-refractivity contribution is -0.141. The van der Waals surface area contributed by atoms with Crippen molar-refractivity contribution in [1.82, 2.24) is 21.0 Å². The van der Waals surface area contributed by atoms with Crippen molar-refractivity contribution in [1.29, 1.82) is 10.5 Å². The molecule has 9 nitrogen and oxygen atoms in total. The molecule has 3 saturated carbocycles. The highest BCUT2D eigenvalue weighted by Gasteiger charge is 2.60. The number of pyridine rings is 1. The molecule has 3 aromatic rings. The maximum absolute atomic E-state index is 10.2. The summed E-state index contributed by atoms with van der Waals surface area (Å²) >= 11 is 0. The van der Waals surface area contributed by atoms with Gasteiger partial charge in [0.15, 0.2) is 0 Å². The predicted molar refractivity (Wildman–Crippen MR) is 172 cm³/mol. The lowest BCUT2D eigenvalue weighted by Crippen LogP contribution is -2.69. The van der Waals surface area contributed by atoms with Gasteiger partial charge in [-0.05, 0) is 79.1 Å². The maximum Gasteiger partial charge on any atom is 0.103 e. The number of fused-ring (bicyclic) bond motifs is 1. The fraction of sp³-hybridized carbons (Fsp3) is 0.353. The zero-order valence-corrected chi connectivity index (χ0v) is 25.1. The van der Waals surface area contributed by atoms with Crippen LogP contribution in [0.5, 0.6) is 0 Å². The molecule has 3 aliphatic carbocycles. The molecule has 43 heavy (non-hydrogen) atoms. The van der Waals surface area contributed by atoms with Crippen LogP contribution in [0.4, 0.5) is 11.4 Å². The molecule has 9 heteroatoms. The number of aromatic nitrogens is 1. The molecule has 2 heterocycles. The van der Waals surface area contributed by atoms with Gasteiger partial charge in [-0.25, -0.2) is 0 Å². The summed E-state index contributed by atoms with van der Waals surface area (Å²) in [5.41, 5.74) is 14.1. The Morgan fingerprint density at radius 1 is 1.21 bits per heavy atom. The van der Waals surface area contributed by atoms with Crippen molar-refractivity contribution in [2.75, 3.05) is 17.2 Å². The van der Waals surface area contributed by atoms with Crippen LogP contribution in [0.25, 0.3) is 17.0 Å². The number of anilines is 2. The van der Waals surface area contributed by atoms with E-state index in [2.05, 4.69) is 108 Å². The van der Waals surface area contributed by atoms with E-state index >= 15 is 0 Å². The first-order chi connectivity index (χ1) is 20.6. The third-order valence-electron chi connectivity index (χ3n) is 8.75. The van der Waals surface area contributed by atoms with E-state index in [0.717, 1.165) is 39.4 Å². The topological polar surface area (TPSA) is 124 Å². The van der Waals surface area contributed by atoms with Gasteiger partial charge in [0.05, 0.1) is 39.6 Å². The van der Waals surface area contributed by atoms with Crippen LogP contribution in [0.15, 0.2) is 59.6 Å². The largest absolute Gasteiger partial charge is 0.383 e. The Morgan fingerprint density at radius 3 is 2.63 bits per heavy atom. The van der Waals surface area contributed by atoms with E-state index in [1.54, 1.807) is 12.4 Å². The van der Waals surface area contributed by atoms with Crippen molar-refractivity contribution in [3.05, 3.63) is 82.4 Å². The number of hydrogen-bond acceptors (Lipinski definition) is 9. The van der Waals surface area contributed by atoms with Gasteiger partial charge in [0, 0.05) is 36.2 Å². The molecule has 0 saturated heterocycles. The summed E-state index contributed by atoms with van der Waals surface area (Å²) in [5, 5.41) is 30.3. The lowest BCUT2D eigenvalue weighted by atomic mass is 9.49. The first-order valence-electron chi connectivity index (χ1n) is 14.7. The van der Waals surface area contributed by atoms with E-state index < -0.39 is 0 Å². The van der Waals surface area contributed by atoms with Crippen molar-refractivity contribution in [2.24, 2.45) is 16.3 Å². The summed E-state index contributed by atoms with van der Waals surface area (Å²) in [5.74, 6) is 0.850. The summed E-state index contributed by atoms with van der Waals surface area (Å²) in [6.45, 7) is 12.8. The molecule has 218 valence electrons. The van der Waals surface area contributed by atoms with Gasteiger partial charge in [-0.15, -0.1) is 5.53 Å². The molecule has 0 spiro atoms. The minimum Gasteiger partial charge on any atom is -0.383 e. The normalized spacial score (nSPS) is 21.2. The zero-order valence-electron chi connectivity index (χ0n) is 25.1. The van der Waals surface area contributed by atoms with Gasteiger partial charge < -0.3 is 16.1 Å². The summed E-state index contributed by atoms with van der Waals surface area (Å²) in [4.78, 5) is 8.48. The van der Waals surface area contributed by atoms with Crippen LogP contribution in [0.2, 0.25) is 0 Å². The average molecular weight is 572 g/mol. The number of nitrogens with zero attached hydrogens (tertiary/aromatic N) is 5. The monoisotopic (exact) mass is 571 g/mol. The highest BCUT2D eigenvalue weighted by atomic mass is 15.7. The Morgan fingerprint density at radius 2 is 1.98 bits per heavy atom. The van der Waals surface area contributed by atoms with Gasteiger partial charge in [0.25, 0.3) is 0 Å². The van der Waals surface area contributed by atoms with Crippen LogP contribution < -0.4 is 21.6 Å². The Labute approximate surface area is 253 Å². The SMILES string of the molecule is C=N/C=C\c1c(C)cccc1[C@H](Nc1cc(C#N)c2ncc(C#N)c(NCC(C)(C)C)c2c1)C1=CN(C23CC(C2)C3)NN1. The van der Waals surface area contributed by atoms with E-state index in [1.165, 1.54) is 19.3 Å². The number of nitrogens with one attached hydrogen (secondary N) is 4. The predicted octanol–water partition coefficient (Wildman–Crippen LogP) is 6.29. The number of rotatable bonds is 9. The average Bonchev–Trinajstić information content (AvgIpc) is 3.40. The maximum atomic E-state index is 10.2. The first-order valence-corrected chi connectivity index (χ1v) is 14.7. The zero-order chi connectivity index (χ0) is 30.4. The molecule has 1 atom stereocenters. The van der Waals surface area contributed by atoms with Gasteiger partial charge >= 0.3 is 0 Å². The van der Waals surface area contributed by atoms with Gasteiger partial charge in [0.1, 0.15) is 12.1 Å². The number of aliphatic imine (C=N–C) groups is 1. The second-order valence-corrected chi connectivity index (χ2v) is 13.2. The molecule has 1 aliphatic heterocycles. The van der Waals surface area contributed by atoms with Crippen LogP contribution in [0.3, 0.4) is 0 Å². The molecule has 2 bridgehead atoms. The highest BCUT2D eigenvalue weighted by molar-refractivity contribution is 5.99. The third kappa shape index (κ3) is 5.17. The van der Waals surface area contributed by atoms with Crippen LogP contribution >= 0.6 is 0 Å². The first kappa shape index (κ1) is 28.3. The van der Waals surface area contributed by atoms with Crippen LogP contribution in [0.1, 0.15) is 73.9 Å². The molecular formula is C34H37N9. The smallest absolute Gasteiger partial charge is 0.103 e. The highest BCUT2D eigenvalue weighted by Crippen LogP contribution is 2.60. The fourth-order valence-corrected chi connectivity index (χ4v) is 6.36. The third-order valence-corrected chi connectivity index (χ3v) is 8.75. The van der Waals surface area contributed by atoms with E-state index in [4.69, 9.17) is 0 Å². The quantitative estimate of drug-likeness (QED) is 0.221. The molecule has 0 unspecified atom stereocenters. The molecule has 4 N–H and O–H groups in total. The van der Waals surface area contributed by atoms with E-state index in [1.807, 2.05) is 18.2 Å². The summed E-state index contributed by atoms with van der Waals surface area (Å²) < 4.78 is 0. The molecule has 7 rings (SSSR count). The second-order valence-electron chi connectivity index (χ2n) is 13.2. The number of hydrogen-bond donors (Lipinski definition) is 4. The van der Waals surface area contributed by atoms with Gasteiger partial charge in [-0.1, -0.05) is 39.0 Å². The molecule has 2 aromatic carbocycles. The van der Waals surface area contributed by atoms with Crippen molar-refractivity contribution in [3.63, 3.8) is 0 Å². The summed E-state index contributed by atoms with van der Waals surface area (Å²) in [7, 11) is 0. The van der Waals surface area contributed by atoms with Gasteiger partial charge in [-0.2, -0.15) is 10.5 Å². The van der Waals surface area contributed by atoms with E-state index in [9.17, 15) is 10.5 Å². The van der Waals surface area contributed by atoms with Crippen molar-refractivity contribution in [2.45, 2.75) is 58.5 Å². The number of aryl methyl sites for hydroxylation is 1. The van der Waals surface area contributed by atoms with Crippen molar-refractivity contribution < 1.29 is 0 Å². The Hall–Kier alpha value is -4.86. The van der Waals surface area contributed by atoms with Crippen molar-refractivity contribution in [3.8, 4) is 12.1 Å². The Bertz CT molecular complexity index is 1730. The minimum absolute atomic E-state index is 0.0173.